The van der Waals surface area contributed by atoms with Crippen molar-refractivity contribution in [1.29, 1.82) is 0 Å². The number of rotatable bonds is 3. The molecule has 1 rings (SSSR count). The van der Waals surface area contributed by atoms with Gasteiger partial charge in [-0.1, -0.05) is 11.6 Å². The number of imidazole rings is 1. The van der Waals surface area contributed by atoms with Gasteiger partial charge < -0.3 is 10.1 Å². The molecule has 0 unspecified atom stereocenters. The Labute approximate surface area is 69.5 Å². The SMILES string of the molecule is C=Cc1cnc([N+](=O)[O-])n1CC. The molecule has 1 aromatic rings. The minimum Gasteiger partial charge on any atom is -0.390 e. The summed E-state index contributed by atoms with van der Waals surface area (Å²) in [4.78, 5) is 13.5. The van der Waals surface area contributed by atoms with Crippen molar-refractivity contribution < 1.29 is 4.92 Å². The van der Waals surface area contributed by atoms with Gasteiger partial charge in [0.05, 0.1) is 6.54 Å². The fourth-order valence-electron chi connectivity index (χ4n) is 1.01. The Morgan fingerprint density at radius 3 is 3.00 bits per heavy atom. The highest BCUT2D eigenvalue weighted by atomic mass is 16.6. The van der Waals surface area contributed by atoms with E-state index in [1.54, 1.807) is 6.08 Å². The van der Waals surface area contributed by atoms with E-state index < -0.39 is 4.92 Å². The van der Waals surface area contributed by atoms with E-state index in [9.17, 15) is 10.1 Å². The van der Waals surface area contributed by atoms with Crippen LogP contribution in [0.15, 0.2) is 12.8 Å². The summed E-state index contributed by atoms with van der Waals surface area (Å²) in [5.74, 6) is -0.132. The van der Waals surface area contributed by atoms with Gasteiger partial charge in [-0.3, -0.25) is 0 Å². The molecule has 0 saturated heterocycles. The second-order valence-electron chi connectivity index (χ2n) is 2.19. The number of hydrogen-bond acceptors (Lipinski definition) is 3. The van der Waals surface area contributed by atoms with Crippen LogP contribution < -0.4 is 0 Å². The maximum absolute atomic E-state index is 10.4. The summed E-state index contributed by atoms with van der Waals surface area (Å²) in [6.07, 6.45) is 2.98. The predicted molar refractivity (Wildman–Crippen MR) is 44.6 cm³/mol. The molecule has 1 heterocycles. The van der Waals surface area contributed by atoms with E-state index in [4.69, 9.17) is 0 Å². The molecule has 0 aromatic carbocycles. The molecule has 0 aliphatic carbocycles. The molecule has 0 radical (unpaired) electrons. The van der Waals surface area contributed by atoms with Crippen molar-refractivity contribution in [2.75, 3.05) is 0 Å². The highest BCUT2D eigenvalue weighted by Gasteiger charge is 2.16. The van der Waals surface area contributed by atoms with Crippen molar-refractivity contribution in [3.05, 3.63) is 28.6 Å². The van der Waals surface area contributed by atoms with Crippen molar-refractivity contribution >= 4 is 12.0 Å². The van der Waals surface area contributed by atoms with Crippen LogP contribution in [0.3, 0.4) is 0 Å². The molecule has 0 N–H and O–H groups in total. The number of aromatic nitrogens is 2. The predicted octanol–water partition coefficient (Wildman–Crippen LogP) is 1.45. The van der Waals surface area contributed by atoms with Gasteiger partial charge in [-0.05, 0) is 17.9 Å². The van der Waals surface area contributed by atoms with Gasteiger partial charge in [0.25, 0.3) is 0 Å². The van der Waals surface area contributed by atoms with Gasteiger partial charge in [0.15, 0.2) is 0 Å². The fraction of sp³-hybridized carbons (Fsp3) is 0.286. The second-order valence-corrected chi connectivity index (χ2v) is 2.19. The molecule has 0 spiro atoms. The van der Waals surface area contributed by atoms with Crippen molar-refractivity contribution in [3.8, 4) is 0 Å². The molecule has 0 saturated carbocycles. The molecule has 1 aromatic heterocycles. The van der Waals surface area contributed by atoms with Crippen LogP contribution in [-0.4, -0.2) is 14.5 Å². The third-order valence-corrected chi connectivity index (χ3v) is 1.55. The van der Waals surface area contributed by atoms with E-state index >= 15 is 0 Å². The van der Waals surface area contributed by atoms with Crippen molar-refractivity contribution in [1.82, 2.24) is 9.55 Å². The van der Waals surface area contributed by atoms with Gasteiger partial charge in [0.2, 0.25) is 0 Å². The third kappa shape index (κ3) is 1.20. The Kier molecular flexibility index (Phi) is 2.23. The van der Waals surface area contributed by atoms with Gasteiger partial charge in [0.1, 0.15) is 11.9 Å². The lowest BCUT2D eigenvalue weighted by Crippen LogP contribution is -2.02. The Balaban J connectivity index is 3.22. The molecule has 12 heavy (non-hydrogen) atoms. The summed E-state index contributed by atoms with van der Waals surface area (Å²) in [7, 11) is 0. The Morgan fingerprint density at radius 1 is 1.92 bits per heavy atom. The zero-order valence-corrected chi connectivity index (χ0v) is 6.73. The first kappa shape index (κ1) is 8.45. The van der Waals surface area contributed by atoms with E-state index in [1.165, 1.54) is 10.8 Å². The minimum atomic E-state index is -0.503. The summed E-state index contributed by atoms with van der Waals surface area (Å²) in [6.45, 7) is 5.88. The van der Waals surface area contributed by atoms with Gasteiger partial charge in [-0.2, -0.15) is 0 Å². The average molecular weight is 167 g/mol. The summed E-state index contributed by atoms with van der Waals surface area (Å²) >= 11 is 0. The second kappa shape index (κ2) is 3.17. The molecule has 64 valence electrons. The molecule has 5 nitrogen and oxygen atoms in total. The monoisotopic (exact) mass is 167 g/mol. The highest BCUT2D eigenvalue weighted by Crippen LogP contribution is 2.13. The van der Waals surface area contributed by atoms with Crippen LogP contribution in [-0.2, 0) is 6.54 Å². The molecule has 0 aliphatic heterocycles. The summed E-state index contributed by atoms with van der Waals surface area (Å²) in [5, 5.41) is 10.4. The molecular weight excluding hydrogens is 158 g/mol. The van der Waals surface area contributed by atoms with E-state index in [0.29, 0.717) is 12.2 Å². The highest BCUT2D eigenvalue weighted by molar-refractivity contribution is 5.43. The van der Waals surface area contributed by atoms with Crippen molar-refractivity contribution in [2.24, 2.45) is 0 Å². The molecule has 0 fully saturated rings. The summed E-state index contributed by atoms with van der Waals surface area (Å²) < 4.78 is 1.49. The molecule has 0 atom stereocenters. The van der Waals surface area contributed by atoms with E-state index in [0.717, 1.165) is 0 Å². The molecule has 0 amide bonds. The first-order valence-electron chi connectivity index (χ1n) is 3.53. The zero-order chi connectivity index (χ0) is 9.14. The lowest BCUT2D eigenvalue weighted by molar-refractivity contribution is -0.396. The van der Waals surface area contributed by atoms with Crippen LogP contribution >= 0.6 is 0 Å². The minimum absolute atomic E-state index is 0.132. The third-order valence-electron chi connectivity index (χ3n) is 1.55. The lowest BCUT2D eigenvalue weighted by atomic mass is 10.4. The normalized spacial score (nSPS) is 9.75. The smallest absolute Gasteiger partial charge is 0.390 e. The number of nitrogens with zero attached hydrogens (tertiary/aromatic N) is 3. The maximum Gasteiger partial charge on any atom is 0.435 e. The fourth-order valence-corrected chi connectivity index (χ4v) is 1.01. The van der Waals surface area contributed by atoms with Gasteiger partial charge >= 0.3 is 5.95 Å². The van der Waals surface area contributed by atoms with E-state index in [2.05, 4.69) is 11.6 Å². The van der Waals surface area contributed by atoms with Gasteiger partial charge in [-0.15, -0.1) is 0 Å². The number of hydrogen-bond donors (Lipinski definition) is 0. The molecule has 0 bridgehead atoms. The summed E-state index contributed by atoms with van der Waals surface area (Å²) in [5.41, 5.74) is 0.671. The van der Waals surface area contributed by atoms with E-state index in [1.807, 2.05) is 6.92 Å². The molecular formula is C7H9N3O2. The average Bonchev–Trinajstić information content (AvgIpc) is 2.46. The first-order valence-corrected chi connectivity index (χ1v) is 3.53. The van der Waals surface area contributed by atoms with Crippen LogP contribution in [0.2, 0.25) is 0 Å². The first-order chi connectivity index (χ1) is 5.70. The van der Waals surface area contributed by atoms with Crippen LogP contribution in [0.4, 0.5) is 5.95 Å². The Bertz CT molecular complexity index is 316. The largest absolute Gasteiger partial charge is 0.435 e. The standard InChI is InChI=1S/C7H9N3O2/c1-3-6-5-8-7(10(11)12)9(6)4-2/h3,5H,1,4H2,2H3. The van der Waals surface area contributed by atoms with Crippen molar-refractivity contribution in [3.63, 3.8) is 0 Å². The molecule has 0 aliphatic rings. The number of nitro groups is 1. The lowest BCUT2D eigenvalue weighted by Gasteiger charge is -1.98. The summed E-state index contributed by atoms with van der Waals surface area (Å²) in [6, 6.07) is 0. The van der Waals surface area contributed by atoms with Crippen LogP contribution in [0, 0.1) is 10.1 Å². The Hall–Kier alpha value is -1.65. The topological polar surface area (TPSA) is 61.0 Å². The van der Waals surface area contributed by atoms with Crippen LogP contribution in [0.25, 0.3) is 6.08 Å². The Morgan fingerprint density at radius 2 is 2.58 bits per heavy atom. The van der Waals surface area contributed by atoms with Gasteiger partial charge in [0, 0.05) is 0 Å². The zero-order valence-electron chi connectivity index (χ0n) is 6.73. The van der Waals surface area contributed by atoms with Crippen LogP contribution in [0.5, 0.6) is 0 Å². The van der Waals surface area contributed by atoms with E-state index in [-0.39, 0.29) is 5.95 Å². The van der Waals surface area contributed by atoms with Crippen molar-refractivity contribution in [2.45, 2.75) is 13.5 Å². The maximum atomic E-state index is 10.4. The van der Waals surface area contributed by atoms with Crippen LogP contribution in [0.1, 0.15) is 12.6 Å². The van der Waals surface area contributed by atoms with Gasteiger partial charge in [-0.25, -0.2) is 4.57 Å². The molecule has 5 heteroatoms. The quantitative estimate of drug-likeness (QED) is 0.505.